The molecule has 0 bridgehead atoms. The van der Waals surface area contributed by atoms with E-state index in [1.807, 2.05) is 12.1 Å². The molecule has 3 heterocycles. The van der Waals surface area contributed by atoms with E-state index in [4.69, 9.17) is 16.3 Å². The lowest BCUT2D eigenvalue weighted by atomic mass is 10.1. The Morgan fingerprint density at radius 3 is 3.16 bits per heavy atom. The molecule has 1 saturated heterocycles. The minimum Gasteiger partial charge on any atom is -0.370 e. The number of aromatic nitrogens is 3. The summed E-state index contributed by atoms with van der Waals surface area (Å²) in [6.45, 7) is 1.46. The third-order valence-corrected chi connectivity index (χ3v) is 3.67. The van der Waals surface area contributed by atoms with Gasteiger partial charge in [-0.1, -0.05) is 11.6 Å². The van der Waals surface area contributed by atoms with Crippen molar-refractivity contribution in [3.05, 3.63) is 47.0 Å². The maximum absolute atomic E-state index is 6.10. The van der Waals surface area contributed by atoms with Gasteiger partial charge >= 0.3 is 0 Å². The van der Waals surface area contributed by atoms with Gasteiger partial charge in [0.1, 0.15) is 6.10 Å². The van der Waals surface area contributed by atoms with E-state index in [1.54, 1.807) is 18.6 Å². The summed E-state index contributed by atoms with van der Waals surface area (Å²) in [6.07, 6.45) is 6.17. The van der Waals surface area contributed by atoms with Gasteiger partial charge in [-0.25, -0.2) is 0 Å². The van der Waals surface area contributed by atoms with Crippen molar-refractivity contribution in [2.24, 2.45) is 0 Å². The first-order valence-corrected chi connectivity index (χ1v) is 6.65. The van der Waals surface area contributed by atoms with Crippen LogP contribution in [0.3, 0.4) is 0 Å². The van der Waals surface area contributed by atoms with Crippen LogP contribution in [0.5, 0.6) is 0 Å². The molecular formula is C13H15ClN4O. The second-order valence-electron chi connectivity index (χ2n) is 4.55. The number of pyridine rings is 1. The Bertz CT molecular complexity index is 531. The molecule has 5 nitrogen and oxygen atoms in total. The van der Waals surface area contributed by atoms with Crippen LogP contribution in [0.4, 0.5) is 0 Å². The average molecular weight is 279 g/mol. The van der Waals surface area contributed by atoms with Gasteiger partial charge in [0.15, 0.2) is 0 Å². The summed E-state index contributed by atoms with van der Waals surface area (Å²) in [5.74, 6) is 0. The number of H-pyrrole nitrogens is 1. The normalized spacial score (nSPS) is 22.8. The summed E-state index contributed by atoms with van der Waals surface area (Å²) < 4.78 is 5.75. The predicted molar refractivity (Wildman–Crippen MR) is 71.8 cm³/mol. The van der Waals surface area contributed by atoms with Crippen molar-refractivity contribution in [2.45, 2.75) is 25.1 Å². The molecule has 0 saturated carbocycles. The first-order chi connectivity index (χ1) is 9.34. The monoisotopic (exact) mass is 278 g/mol. The lowest BCUT2D eigenvalue weighted by Gasteiger charge is -2.19. The Morgan fingerprint density at radius 1 is 1.42 bits per heavy atom. The number of hydrogen-bond donors (Lipinski definition) is 2. The molecule has 0 aromatic carbocycles. The van der Waals surface area contributed by atoms with Gasteiger partial charge in [-0.05, 0) is 24.1 Å². The quantitative estimate of drug-likeness (QED) is 0.899. The van der Waals surface area contributed by atoms with E-state index in [9.17, 15) is 0 Å². The standard InChI is InChI=1S/C13H15ClN4O/c14-10-8-15-4-1-9(10)7-16-11-3-6-19-13(11)12-2-5-17-18-12/h1-2,4-5,8,11,13,16H,3,6-7H2,(H,17,18)/t11-,13-/m0/s1. The maximum atomic E-state index is 6.10. The molecule has 0 amide bonds. The molecule has 3 rings (SSSR count). The average Bonchev–Trinajstić information content (AvgIpc) is 3.08. The van der Waals surface area contributed by atoms with E-state index >= 15 is 0 Å². The number of hydrogen-bond acceptors (Lipinski definition) is 4. The van der Waals surface area contributed by atoms with Gasteiger partial charge in [0.2, 0.25) is 0 Å². The third-order valence-electron chi connectivity index (χ3n) is 3.33. The molecule has 1 fully saturated rings. The van der Waals surface area contributed by atoms with Crippen LogP contribution in [0.1, 0.15) is 23.8 Å². The minimum atomic E-state index is 0.0307. The van der Waals surface area contributed by atoms with E-state index in [2.05, 4.69) is 20.5 Å². The first-order valence-electron chi connectivity index (χ1n) is 6.27. The lowest BCUT2D eigenvalue weighted by molar-refractivity contribution is 0.0950. The molecule has 0 spiro atoms. The van der Waals surface area contributed by atoms with Crippen molar-refractivity contribution < 1.29 is 4.74 Å². The number of nitrogens with one attached hydrogen (secondary N) is 2. The number of nitrogens with zero attached hydrogens (tertiary/aromatic N) is 2. The van der Waals surface area contributed by atoms with Gasteiger partial charge in [0, 0.05) is 37.8 Å². The molecule has 100 valence electrons. The first kappa shape index (κ1) is 12.6. The van der Waals surface area contributed by atoms with Crippen molar-refractivity contribution in [3.63, 3.8) is 0 Å². The lowest BCUT2D eigenvalue weighted by Crippen LogP contribution is -2.31. The van der Waals surface area contributed by atoms with E-state index < -0.39 is 0 Å². The maximum Gasteiger partial charge on any atom is 0.114 e. The Labute approximate surface area is 116 Å². The van der Waals surface area contributed by atoms with Crippen molar-refractivity contribution >= 4 is 11.6 Å². The van der Waals surface area contributed by atoms with Crippen LogP contribution in [0.15, 0.2) is 30.7 Å². The summed E-state index contributed by atoms with van der Waals surface area (Å²) >= 11 is 6.10. The molecule has 0 aliphatic carbocycles. The van der Waals surface area contributed by atoms with Crippen LogP contribution in [0, 0.1) is 0 Å². The van der Waals surface area contributed by atoms with Crippen LogP contribution in [-0.2, 0) is 11.3 Å². The topological polar surface area (TPSA) is 62.8 Å². The molecule has 2 aromatic heterocycles. The molecule has 2 N–H and O–H groups in total. The highest BCUT2D eigenvalue weighted by atomic mass is 35.5. The third kappa shape index (κ3) is 2.78. The van der Waals surface area contributed by atoms with Crippen LogP contribution in [0.25, 0.3) is 0 Å². The molecule has 2 aromatic rings. The molecule has 19 heavy (non-hydrogen) atoms. The number of halogens is 1. The van der Waals surface area contributed by atoms with Crippen molar-refractivity contribution in [3.8, 4) is 0 Å². The van der Waals surface area contributed by atoms with Gasteiger partial charge in [-0.15, -0.1) is 0 Å². The van der Waals surface area contributed by atoms with Crippen LogP contribution in [-0.4, -0.2) is 27.8 Å². The number of ether oxygens (including phenoxy) is 1. The fourth-order valence-electron chi connectivity index (χ4n) is 2.32. The van der Waals surface area contributed by atoms with E-state index in [0.717, 1.165) is 24.3 Å². The zero-order valence-electron chi connectivity index (χ0n) is 10.3. The van der Waals surface area contributed by atoms with Gasteiger partial charge in [0.25, 0.3) is 0 Å². The largest absolute Gasteiger partial charge is 0.370 e. The fourth-order valence-corrected chi connectivity index (χ4v) is 2.50. The summed E-state index contributed by atoms with van der Waals surface area (Å²) in [6, 6.07) is 4.14. The second-order valence-corrected chi connectivity index (χ2v) is 4.95. The van der Waals surface area contributed by atoms with Crippen LogP contribution < -0.4 is 5.32 Å². The predicted octanol–water partition coefficient (Wildman–Crippen LogP) is 2.08. The Kier molecular flexibility index (Phi) is 3.77. The fraction of sp³-hybridized carbons (Fsp3) is 0.385. The summed E-state index contributed by atoms with van der Waals surface area (Å²) in [4.78, 5) is 3.98. The molecule has 0 unspecified atom stereocenters. The molecule has 6 heteroatoms. The Balaban J connectivity index is 1.65. The molecule has 2 atom stereocenters. The minimum absolute atomic E-state index is 0.0307. The highest BCUT2D eigenvalue weighted by Crippen LogP contribution is 2.28. The van der Waals surface area contributed by atoms with Crippen LogP contribution in [0.2, 0.25) is 5.02 Å². The van der Waals surface area contributed by atoms with Gasteiger partial charge in [-0.2, -0.15) is 5.10 Å². The van der Waals surface area contributed by atoms with Crippen molar-refractivity contribution in [1.82, 2.24) is 20.5 Å². The van der Waals surface area contributed by atoms with Gasteiger partial charge in [0.05, 0.1) is 10.7 Å². The Morgan fingerprint density at radius 2 is 2.37 bits per heavy atom. The number of aromatic amines is 1. The smallest absolute Gasteiger partial charge is 0.114 e. The molecule has 1 aliphatic heterocycles. The highest BCUT2D eigenvalue weighted by molar-refractivity contribution is 6.31. The Hall–Kier alpha value is -1.43. The SMILES string of the molecule is Clc1cnccc1CN[C@H]1CCO[C@@H]1c1ccn[nH]1. The van der Waals surface area contributed by atoms with E-state index in [0.29, 0.717) is 11.6 Å². The molecule has 1 aliphatic rings. The molecular weight excluding hydrogens is 264 g/mol. The summed E-state index contributed by atoms with van der Waals surface area (Å²) in [7, 11) is 0. The summed E-state index contributed by atoms with van der Waals surface area (Å²) in [5.41, 5.74) is 2.06. The number of rotatable bonds is 4. The second kappa shape index (κ2) is 5.69. The van der Waals surface area contributed by atoms with Crippen molar-refractivity contribution in [2.75, 3.05) is 6.61 Å². The van der Waals surface area contributed by atoms with Crippen molar-refractivity contribution in [1.29, 1.82) is 0 Å². The highest BCUT2D eigenvalue weighted by Gasteiger charge is 2.30. The zero-order valence-corrected chi connectivity index (χ0v) is 11.1. The van der Waals surface area contributed by atoms with Gasteiger partial charge in [-0.3, -0.25) is 10.1 Å². The van der Waals surface area contributed by atoms with Gasteiger partial charge < -0.3 is 10.1 Å². The summed E-state index contributed by atoms with van der Waals surface area (Å²) in [5, 5.41) is 11.1. The van der Waals surface area contributed by atoms with E-state index in [1.165, 1.54) is 0 Å². The van der Waals surface area contributed by atoms with E-state index in [-0.39, 0.29) is 12.1 Å². The molecule has 0 radical (unpaired) electrons. The zero-order chi connectivity index (χ0) is 13.1. The van der Waals surface area contributed by atoms with Crippen LogP contribution >= 0.6 is 11.6 Å².